The van der Waals surface area contributed by atoms with Crippen LogP contribution in [0.1, 0.15) is 79.5 Å². The van der Waals surface area contributed by atoms with Crippen molar-refractivity contribution in [2.45, 2.75) is 58.0 Å². The lowest BCUT2D eigenvalue weighted by atomic mass is 10.2. The summed E-state index contributed by atoms with van der Waals surface area (Å²) in [4.78, 5) is 51.1. The maximum absolute atomic E-state index is 12.9. The number of methoxy groups -OCH3 is 1. The Morgan fingerprint density at radius 1 is 1.13 bits per heavy atom. The van der Waals surface area contributed by atoms with Gasteiger partial charge in [-0.25, -0.2) is 24.5 Å². The van der Waals surface area contributed by atoms with Crippen LogP contribution in [0.15, 0.2) is 32.0 Å². The van der Waals surface area contributed by atoms with Crippen LogP contribution in [-0.2, 0) is 14.2 Å². The van der Waals surface area contributed by atoms with Crippen molar-refractivity contribution in [1.82, 2.24) is 25.2 Å². The molecular weight excluding hydrogens is 518 g/mol. The first-order chi connectivity index (χ1) is 18.3. The molecule has 1 fully saturated rings. The van der Waals surface area contributed by atoms with Gasteiger partial charge in [0, 0.05) is 0 Å². The number of oxazole rings is 3. The zero-order chi connectivity index (χ0) is 28.5. The molecule has 15 nitrogen and oxygen atoms in total. The van der Waals surface area contributed by atoms with E-state index < -0.39 is 48.0 Å². The predicted octanol–water partition coefficient (Wildman–Crippen LogP) is 2.61. The maximum Gasteiger partial charge on any atom is 0.413 e. The third kappa shape index (κ3) is 5.93. The van der Waals surface area contributed by atoms with Crippen molar-refractivity contribution in [3.63, 3.8) is 0 Å². The molecule has 3 aromatic rings. The number of aliphatic hydroxyl groups excluding tert-OH is 1. The normalized spacial score (nSPS) is 17.6. The molecule has 0 bridgehead atoms. The maximum atomic E-state index is 12.9. The minimum absolute atomic E-state index is 0.0261. The zero-order valence-corrected chi connectivity index (χ0v) is 22.2. The third-order valence-electron chi connectivity index (χ3n) is 5.54. The van der Waals surface area contributed by atoms with E-state index in [1.807, 2.05) is 0 Å². The lowest BCUT2D eigenvalue weighted by Gasteiger charge is -2.34. The highest BCUT2D eigenvalue weighted by Gasteiger charge is 2.48. The quantitative estimate of drug-likeness (QED) is 0.410. The number of carbonyl (C=O) groups excluding carboxylic acids is 3. The lowest BCUT2D eigenvalue weighted by molar-refractivity contribution is -0.0634. The molecule has 210 valence electrons. The molecule has 1 aliphatic heterocycles. The van der Waals surface area contributed by atoms with E-state index in [9.17, 15) is 19.5 Å². The number of amides is 2. The number of carbonyl (C=O) groups is 3. The second-order valence-corrected chi connectivity index (χ2v) is 10.0. The Kier molecular flexibility index (Phi) is 7.48. The van der Waals surface area contributed by atoms with Crippen molar-refractivity contribution in [3.05, 3.63) is 42.0 Å². The summed E-state index contributed by atoms with van der Waals surface area (Å²) in [7, 11) is 1.18. The summed E-state index contributed by atoms with van der Waals surface area (Å²) in [5.74, 6) is -1.42. The van der Waals surface area contributed by atoms with E-state index in [1.165, 1.54) is 18.3 Å². The molecule has 2 amide bonds. The number of hydrogen-bond donors (Lipinski definition) is 2. The molecule has 0 unspecified atom stereocenters. The molecule has 4 heterocycles. The average Bonchev–Trinajstić information content (AvgIpc) is 3.65. The molecule has 39 heavy (non-hydrogen) atoms. The van der Waals surface area contributed by atoms with Gasteiger partial charge in [-0.1, -0.05) is 0 Å². The van der Waals surface area contributed by atoms with E-state index in [4.69, 9.17) is 22.7 Å². The van der Waals surface area contributed by atoms with Gasteiger partial charge in [0.05, 0.1) is 20.3 Å². The van der Waals surface area contributed by atoms with Gasteiger partial charge >= 0.3 is 12.1 Å². The molecule has 2 atom stereocenters. The largest absolute Gasteiger partial charge is 0.464 e. The van der Waals surface area contributed by atoms with Crippen molar-refractivity contribution >= 4 is 18.0 Å². The van der Waals surface area contributed by atoms with E-state index in [2.05, 4.69) is 25.0 Å². The Morgan fingerprint density at radius 2 is 1.85 bits per heavy atom. The molecular formula is C24H29N5O10. The van der Waals surface area contributed by atoms with Crippen molar-refractivity contribution in [2.24, 2.45) is 0 Å². The van der Waals surface area contributed by atoms with Gasteiger partial charge in [-0.2, -0.15) is 0 Å². The van der Waals surface area contributed by atoms with Crippen molar-refractivity contribution in [1.29, 1.82) is 0 Å². The van der Waals surface area contributed by atoms with Crippen LogP contribution in [0.4, 0.5) is 4.79 Å². The third-order valence-corrected chi connectivity index (χ3v) is 5.54. The SMILES string of the molecule is COC(=O)c1coc([C@H](CO)NC(=O)c2coc(-c3coc([C@@H]4COC(C)(C)N4C(=O)OC(C)(C)C)n3)n2)n1. The molecule has 3 aromatic heterocycles. The van der Waals surface area contributed by atoms with Crippen LogP contribution in [-0.4, -0.2) is 74.6 Å². The second-order valence-electron chi connectivity index (χ2n) is 10.0. The number of aliphatic hydroxyl groups is 1. The summed E-state index contributed by atoms with van der Waals surface area (Å²) < 4.78 is 32.1. The number of ether oxygens (including phenoxy) is 3. The number of nitrogens with zero attached hydrogens (tertiary/aromatic N) is 4. The molecule has 0 aliphatic carbocycles. The van der Waals surface area contributed by atoms with Gasteiger partial charge in [0.25, 0.3) is 5.91 Å². The van der Waals surface area contributed by atoms with Gasteiger partial charge in [0.1, 0.15) is 42.2 Å². The first-order valence-electron chi connectivity index (χ1n) is 11.9. The highest BCUT2D eigenvalue weighted by atomic mass is 16.6. The Labute approximate surface area is 222 Å². The lowest BCUT2D eigenvalue weighted by Crippen LogP contribution is -2.47. The van der Waals surface area contributed by atoms with Crippen molar-refractivity contribution in [2.75, 3.05) is 20.3 Å². The Morgan fingerprint density at radius 3 is 2.51 bits per heavy atom. The molecule has 15 heteroatoms. The fourth-order valence-corrected chi connectivity index (χ4v) is 3.74. The van der Waals surface area contributed by atoms with Crippen LogP contribution in [0.3, 0.4) is 0 Å². The predicted molar refractivity (Wildman–Crippen MR) is 128 cm³/mol. The van der Waals surface area contributed by atoms with Gasteiger partial charge in [-0.05, 0) is 34.6 Å². The van der Waals surface area contributed by atoms with Crippen LogP contribution in [0, 0.1) is 0 Å². The second kappa shape index (κ2) is 10.5. The average molecular weight is 548 g/mol. The minimum atomic E-state index is -1.07. The minimum Gasteiger partial charge on any atom is -0.464 e. The number of hydrogen-bond acceptors (Lipinski definition) is 13. The number of nitrogens with one attached hydrogen (secondary N) is 1. The fraction of sp³-hybridized carbons (Fsp3) is 0.500. The molecule has 0 aromatic carbocycles. The van der Waals surface area contributed by atoms with Crippen LogP contribution >= 0.6 is 0 Å². The molecule has 1 saturated heterocycles. The summed E-state index contributed by atoms with van der Waals surface area (Å²) in [5, 5.41) is 12.2. The van der Waals surface area contributed by atoms with E-state index in [1.54, 1.807) is 34.6 Å². The monoisotopic (exact) mass is 547 g/mol. The summed E-state index contributed by atoms with van der Waals surface area (Å²) in [6.45, 7) is 8.29. The van der Waals surface area contributed by atoms with E-state index in [0.29, 0.717) is 0 Å². The Balaban J connectivity index is 1.48. The van der Waals surface area contributed by atoms with Gasteiger partial charge in [-0.3, -0.25) is 9.69 Å². The smallest absolute Gasteiger partial charge is 0.413 e. The van der Waals surface area contributed by atoms with Crippen LogP contribution < -0.4 is 5.32 Å². The van der Waals surface area contributed by atoms with E-state index in [-0.39, 0.29) is 41.4 Å². The van der Waals surface area contributed by atoms with Crippen LogP contribution in [0.2, 0.25) is 0 Å². The van der Waals surface area contributed by atoms with Gasteiger partial charge in [-0.15, -0.1) is 0 Å². The molecule has 0 spiro atoms. The topological polar surface area (TPSA) is 192 Å². The standard InChI is InChI=1S/C24H29N5O10/c1-23(2,3)39-22(33)29-16(11-38-24(29,4)5)20-27-14(9-37-20)19-26-13(8-35-19)17(31)25-12(7-30)18-28-15(10-36-18)21(32)34-6/h8-10,12,16,30H,7,11H2,1-6H3,(H,25,31)/t12-,16-/m0/s1. The summed E-state index contributed by atoms with van der Waals surface area (Å²) in [6, 6.07) is -1.75. The summed E-state index contributed by atoms with van der Waals surface area (Å²) in [6.07, 6.45) is 2.83. The molecule has 2 N–H and O–H groups in total. The highest BCUT2D eigenvalue weighted by molar-refractivity contribution is 5.92. The van der Waals surface area contributed by atoms with Crippen LogP contribution in [0.5, 0.6) is 0 Å². The number of rotatable bonds is 7. The summed E-state index contributed by atoms with van der Waals surface area (Å²) >= 11 is 0. The van der Waals surface area contributed by atoms with Gasteiger partial charge in [0.2, 0.25) is 17.7 Å². The van der Waals surface area contributed by atoms with Gasteiger partial charge in [0.15, 0.2) is 17.1 Å². The van der Waals surface area contributed by atoms with Crippen LogP contribution in [0.25, 0.3) is 11.6 Å². The van der Waals surface area contributed by atoms with Crippen molar-refractivity contribution < 1.29 is 47.0 Å². The number of aromatic nitrogens is 3. The zero-order valence-electron chi connectivity index (χ0n) is 22.2. The first-order valence-corrected chi connectivity index (χ1v) is 11.9. The van der Waals surface area contributed by atoms with E-state index in [0.717, 1.165) is 12.5 Å². The Hall–Kier alpha value is -4.24. The fourth-order valence-electron chi connectivity index (χ4n) is 3.74. The molecule has 1 aliphatic rings. The number of esters is 1. The Bertz CT molecular complexity index is 1350. The van der Waals surface area contributed by atoms with E-state index >= 15 is 0 Å². The van der Waals surface area contributed by atoms with Gasteiger partial charge < -0.3 is 37.9 Å². The molecule has 0 radical (unpaired) electrons. The van der Waals surface area contributed by atoms with Crippen molar-refractivity contribution in [3.8, 4) is 11.6 Å². The molecule has 4 rings (SSSR count). The summed E-state index contributed by atoms with van der Waals surface area (Å²) in [5.41, 5.74) is -1.77. The highest BCUT2D eigenvalue weighted by Crippen LogP contribution is 2.38. The first kappa shape index (κ1) is 27.8. The molecule has 0 saturated carbocycles.